The summed E-state index contributed by atoms with van der Waals surface area (Å²) < 4.78 is 7.72. The van der Waals surface area contributed by atoms with E-state index in [1.165, 1.54) is 23.4 Å². The average Bonchev–Trinajstić information content (AvgIpc) is 3.25. The molecule has 2 heterocycles. The van der Waals surface area contributed by atoms with Crippen molar-refractivity contribution in [3.8, 4) is 16.9 Å². The zero-order valence-corrected chi connectivity index (χ0v) is 14.0. The van der Waals surface area contributed by atoms with Gasteiger partial charge in [0.2, 0.25) is 0 Å². The molecule has 0 radical (unpaired) electrons. The van der Waals surface area contributed by atoms with Crippen LogP contribution >= 0.6 is 0 Å². The van der Waals surface area contributed by atoms with Crippen LogP contribution in [0.15, 0.2) is 36.7 Å². The van der Waals surface area contributed by atoms with Crippen molar-refractivity contribution in [2.45, 2.75) is 38.7 Å². The SMILES string of the molecule is Cc1ccc(OC2CCCC2)c(-c2cnc3cc(C(=O)O)nn3c2)c1. The Morgan fingerprint density at radius 2 is 2.08 bits per heavy atom. The molecule has 1 fully saturated rings. The number of rotatable bonds is 4. The van der Waals surface area contributed by atoms with Crippen LogP contribution in [0.3, 0.4) is 0 Å². The number of hydrogen-bond acceptors (Lipinski definition) is 4. The molecule has 2 aromatic heterocycles. The second-order valence-corrected chi connectivity index (χ2v) is 6.50. The van der Waals surface area contributed by atoms with E-state index in [-0.39, 0.29) is 11.8 Å². The minimum Gasteiger partial charge on any atom is -0.490 e. The van der Waals surface area contributed by atoms with E-state index in [2.05, 4.69) is 16.1 Å². The standard InChI is InChI=1S/C19H19N3O3/c1-12-6-7-17(25-14-4-2-3-5-14)15(8-12)13-10-20-18-9-16(19(23)24)21-22(18)11-13/h6-11,14H,2-5H2,1H3,(H,23,24). The normalized spacial score (nSPS) is 14.9. The van der Waals surface area contributed by atoms with Gasteiger partial charge < -0.3 is 9.84 Å². The van der Waals surface area contributed by atoms with E-state index in [1.807, 2.05) is 19.1 Å². The molecule has 0 aliphatic heterocycles. The molecule has 1 aliphatic rings. The third kappa shape index (κ3) is 3.07. The van der Waals surface area contributed by atoms with Crippen molar-refractivity contribution in [2.24, 2.45) is 0 Å². The molecule has 0 unspecified atom stereocenters. The van der Waals surface area contributed by atoms with Gasteiger partial charge in [0.25, 0.3) is 0 Å². The molecule has 6 nitrogen and oxygen atoms in total. The molecule has 1 aliphatic carbocycles. The van der Waals surface area contributed by atoms with Crippen LogP contribution < -0.4 is 4.74 Å². The van der Waals surface area contributed by atoms with E-state index in [1.54, 1.807) is 12.4 Å². The summed E-state index contributed by atoms with van der Waals surface area (Å²) in [7, 11) is 0. The van der Waals surface area contributed by atoms with Gasteiger partial charge in [-0.25, -0.2) is 14.3 Å². The Labute approximate surface area is 145 Å². The summed E-state index contributed by atoms with van der Waals surface area (Å²) in [6.45, 7) is 2.03. The van der Waals surface area contributed by atoms with Crippen molar-refractivity contribution < 1.29 is 14.6 Å². The summed E-state index contributed by atoms with van der Waals surface area (Å²) in [4.78, 5) is 15.4. The van der Waals surface area contributed by atoms with Crippen LogP contribution in [0.5, 0.6) is 5.75 Å². The molecule has 0 bridgehead atoms. The Kier molecular flexibility index (Phi) is 3.87. The number of carbonyl (C=O) groups is 1. The van der Waals surface area contributed by atoms with Crippen LogP contribution in [0, 0.1) is 6.92 Å². The molecule has 3 aromatic rings. The van der Waals surface area contributed by atoms with Crippen molar-refractivity contribution in [1.29, 1.82) is 0 Å². The lowest BCUT2D eigenvalue weighted by Crippen LogP contribution is -2.11. The highest BCUT2D eigenvalue weighted by Gasteiger charge is 2.19. The number of ether oxygens (including phenoxy) is 1. The van der Waals surface area contributed by atoms with Gasteiger partial charge in [0.15, 0.2) is 11.3 Å². The number of carboxylic acid groups (broad SMARTS) is 1. The second kappa shape index (κ2) is 6.20. The second-order valence-electron chi connectivity index (χ2n) is 6.50. The Morgan fingerprint density at radius 1 is 1.28 bits per heavy atom. The van der Waals surface area contributed by atoms with Gasteiger partial charge in [0.1, 0.15) is 5.75 Å². The Hall–Kier alpha value is -2.89. The van der Waals surface area contributed by atoms with Crippen molar-refractivity contribution in [3.63, 3.8) is 0 Å². The summed E-state index contributed by atoms with van der Waals surface area (Å²) >= 11 is 0. The Morgan fingerprint density at radius 3 is 2.84 bits per heavy atom. The first-order valence-electron chi connectivity index (χ1n) is 8.46. The molecule has 6 heteroatoms. The molecule has 1 N–H and O–H groups in total. The van der Waals surface area contributed by atoms with Gasteiger partial charge in [-0.2, -0.15) is 5.10 Å². The largest absolute Gasteiger partial charge is 0.490 e. The lowest BCUT2D eigenvalue weighted by molar-refractivity contribution is 0.0690. The maximum atomic E-state index is 11.1. The van der Waals surface area contributed by atoms with E-state index >= 15 is 0 Å². The van der Waals surface area contributed by atoms with Gasteiger partial charge in [-0.05, 0) is 44.7 Å². The molecule has 0 amide bonds. The van der Waals surface area contributed by atoms with Crippen LogP contribution in [0.2, 0.25) is 0 Å². The van der Waals surface area contributed by atoms with Gasteiger partial charge in [-0.3, -0.25) is 0 Å². The molecular weight excluding hydrogens is 318 g/mol. The smallest absolute Gasteiger partial charge is 0.356 e. The summed E-state index contributed by atoms with van der Waals surface area (Å²) in [6, 6.07) is 7.56. The van der Waals surface area contributed by atoms with Gasteiger partial charge in [-0.1, -0.05) is 11.6 Å². The van der Waals surface area contributed by atoms with Crippen LogP contribution in [-0.4, -0.2) is 31.8 Å². The van der Waals surface area contributed by atoms with Gasteiger partial charge >= 0.3 is 5.97 Å². The summed E-state index contributed by atoms with van der Waals surface area (Å²) in [5.41, 5.74) is 3.42. The van der Waals surface area contributed by atoms with E-state index in [0.717, 1.165) is 35.3 Å². The third-order valence-electron chi connectivity index (χ3n) is 4.57. The lowest BCUT2D eigenvalue weighted by atomic mass is 10.0. The van der Waals surface area contributed by atoms with Crippen molar-refractivity contribution in [1.82, 2.24) is 14.6 Å². The third-order valence-corrected chi connectivity index (χ3v) is 4.57. The number of aryl methyl sites for hydroxylation is 1. The van der Waals surface area contributed by atoms with Crippen molar-refractivity contribution >= 4 is 11.6 Å². The fourth-order valence-corrected chi connectivity index (χ4v) is 3.28. The molecule has 1 aromatic carbocycles. The minimum absolute atomic E-state index is 0.0173. The van der Waals surface area contributed by atoms with Crippen molar-refractivity contribution in [3.05, 3.63) is 47.9 Å². The topological polar surface area (TPSA) is 76.7 Å². The fraction of sp³-hybridized carbons (Fsp3) is 0.316. The molecule has 128 valence electrons. The zero-order valence-electron chi connectivity index (χ0n) is 14.0. The molecular formula is C19H19N3O3. The number of carboxylic acids is 1. The monoisotopic (exact) mass is 337 g/mol. The fourth-order valence-electron chi connectivity index (χ4n) is 3.28. The number of fused-ring (bicyclic) bond motifs is 1. The van der Waals surface area contributed by atoms with Crippen LogP contribution in [-0.2, 0) is 0 Å². The molecule has 0 spiro atoms. The van der Waals surface area contributed by atoms with E-state index < -0.39 is 5.97 Å². The summed E-state index contributed by atoms with van der Waals surface area (Å²) in [6.07, 6.45) is 8.40. The number of nitrogens with zero attached hydrogens (tertiary/aromatic N) is 3. The first-order chi connectivity index (χ1) is 12.1. The predicted molar refractivity (Wildman–Crippen MR) is 93.0 cm³/mol. The average molecular weight is 337 g/mol. The van der Waals surface area contributed by atoms with Gasteiger partial charge in [0.05, 0.1) is 6.10 Å². The van der Waals surface area contributed by atoms with E-state index in [9.17, 15) is 4.79 Å². The minimum atomic E-state index is -1.06. The molecule has 25 heavy (non-hydrogen) atoms. The number of aromatic nitrogens is 3. The molecule has 1 saturated carbocycles. The predicted octanol–water partition coefficient (Wildman–Crippen LogP) is 3.72. The highest BCUT2D eigenvalue weighted by atomic mass is 16.5. The van der Waals surface area contributed by atoms with Gasteiger partial charge in [-0.15, -0.1) is 0 Å². The van der Waals surface area contributed by atoms with Crippen LogP contribution in [0.25, 0.3) is 16.8 Å². The first-order valence-corrected chi connectivity index (χ1v) is 8.46. The van der Waals surface area contributed by atoms with E-state index in [4.69, 9.17) is 9.84 Å². The highest BCUT2D eigenvalue weighted by Crippen LogP contribution is 2.34. The van der Waals surface area contributed by atoms with Crippen molar-refractivity contribution in [2.75, 3.05) is 0 Å². The van der Waals surface area contributed by atoms with Gasteiger partial charge in [0, 0.05) is 29.6 Å². The summed E-state index contributed by atoms with van der Waals surface area (Å²) in [5.74, 6) is -0.225. The van der Waals surface area contributed by atoms with Crippen LogP contribution in [0.4, 0.5) is 0 Å². The first kappa shape index (κ1) is 15.6. The highest BCUT2D eigenvalue weighted by molar-refractivity contribution is 5.86. The van der Waals surface area contributed by atoms with Crippen LogP contribution in [0.1, 0.15) is 41.7 Å². The number of benzene rings is 1. The van der Waals surface area contributed by atoms with E-state index in [0.29, 0.717) is 5.65 Å². The number of hydrogen-bond donors (Lipinski definition) is 1. The Bertz CT molecular complexity index is 942. The zero-order chi connectivity index (χ0) is 17.4. The maximum Gasteiger partial charge on any atom is 0.356 e. The molecule has 0 atom stereocenters. The summed E-state index contributed by atoms with van der Waals surface area (Å²) in [5, 5.41) is 13.2. The lowest BCUT2D eigenvalue weighted by Gasteiger charge is -2.17. The maximum absolute atomic E-state index is 11.1. The number of aromatic carboxylic acids is 1. The molecule has 4 rings (SSSR count). The Balaban J connectivity index is 1.75. The quantitative estimate of drug-likeness (QED) is 0.785. The molecule has 0 saturated heterocycles.